The van der Waals surface area contributed by atoms with Crippen molar-refractivity contribution < 1.29 is 13.5 Å². The highest BCUT2D eigenvalue weighted by atomic mass is 127. The predicted molar refractivity (Wildman–Crippen MR) is 115 cm³/mol. The molecule has 1 unspecified atom stereocenters. The lowest BCUT2D eigenvalue weighted by atomic mass is 10.0. The van der Waals surface area contributed by atoms with E-state index in [-0.39, 0.29) is 48.8 Å². The van der Waals surface area contributed by atoms with Gasteiger partial charge in [-0.3, -0.25) is 4.99 Å². The maximum atomic E-state index is 12.1. The van der Waals surface area contributed by atoms with Gasteiger partial charge in [-0.2, -0.15) is 0 Å². The number of halogens is 1. The van der Waals surface area contributed by atoms with Crippen LogP contribution in [0.1, 0.15) is 32.3 Å². The van der Waals surface area contributed by atoms with Crippen molar-refractivity contribution in [2.75, 3.05) is 32.5 Å². The molecule has 1 rings (SSSR count). The molecule has 0 heterocycles. The summed E-state index contributed by atoms with van der Waals surface area (Å²) < 4.78 is 23.4. The molecule has 0 amide bonds. The van der Waals surface area contributed by atoms with Crippen LogP contribution >= 0.6 is 24.0 Å². The Morgan fingerprint density at radius 3 is 2.28 bits per heavy atom. The van der Waals surface area contributed by atoms with E-state index in [0.29, 0.717) is 12.5 Å². The molecule has 0 aliphatic rings. The normalized spacial score (nSPS) is 13.7. The van der Waals surface area contributed by atoms with Gasteiger partial charge in [0.1, 0.15) is 0 Å². The first-order valence-electron chi connectivity index (χ1n) is 8.04. The Balaban J connectivity index is 0.00000576. The molecule has 1 atom stereocenters. The summed E-state index contributed by atoms with van der Waals surface area (Å²) in [6.07, 6.45) is 0. The van der Waals surface area contributed by atoms with Gasteiger partial charge in [-0.1, -0.05) is 30.3 Å². The quantitative estimate of drug-likeness (QED) is 0.313. The summed E-state index contributed by atoms with van der Waals surface area (Å²) in [4.78, 5) is 4.09. The van der Waals surface area contributed by atoms with Crippen LogP contribution in [-0.4, -0.2) is 56.7 Å². The van der Waals surface area contributed by atoms with E-state index >= 15 is 0 Å². The number of sulfone groups is 1. The van der Waals surface area contributed by atoms with Gasteiger partial charge in [0, 0.05) is 26.1 Å². The van der Waals surface area contributed by atoms with Gasteiger partial charge in [-0.05, 0) is 26.3 Å². The molecule has 0 aliphatic carbocycles. The molecule has 0 aromatic heterocycles. The van der Waals surface area contributed by atoms with E-state index in [1.807, 2.05) is 30.3 Å². The summed E-state index contributed by atoms with van der Waals surface area (Å²) in [5.74, 6) is 0.510. The summed E-state index contributed by atoms with van der Waals surface area (Å²) >= 11 is 0. The molecule has 0 bridgehead atoms. The maximum Gasteiger partial charge on any atom is 0.191 e. The average Bonchev–Trinajstić information content (AvgIpc) is 2.53. The first-order chi connectivity index (χ1) is 11.2. The molecule has 144 valence electrons. The van der Waals surface area contributed by atoms with Crippen molar-refractivity contribution in [1.29, 1.82) is 0 Å². The molecule has 1 aromatic rings. The van der Waals surface area contributed by atoms with Gasteiger partial charge in [0.2, 0.25) is 0 Å². The van der Waals surface area contributed by atoms with Crippen LogP contribution in [0.15, 0.2) is 35.3 Å². The zero-order valence-electron chi connectivity index (χ0n) is 15.3. The molecule has 0 spiro atoms. The molecule has 0 saturated carbocycles. The predicted octanol–water partition coefficient (Wildman–Crippen LogP) is 1.76. The maximum absolute atomic E-state index is 12.1. The zero-order valence-corrected chi connectivity index (χ0v) is 18.5. The molecule has 0 radical (unpaired) electrons. The molecule has 3 N–H and O–H groups in total. The highest BCUT2D eigenvalue weighted by Gasteiger charge is 2.28. The first-order valence-corrected chi connectivity index (χ1v) is 9.69. The number of hydrogen-bond acceptors (Lipinski definition) is 4. The fourth-order valence-electron chi connectivity index (χ4n) is 2.06. The SMILES string of the molecule is CN=C(NCCS(=O)(=O)C(C)(C)C)NCC(CO)c1ccccc1.I. The third-order valence-electron chi connectivity index (χ3n) is 3.83. The number of nitrogens with zero attached hydrogens (tertiary/aromatic N) is 1. The van der Waals surface area contributed by atoms with Crippen molar-refractivity contribution in [2.45, 2.75) is 31.4 Å². The highest BCUT2D eigenvalue weighted by Crippen LogP contribution is 2.15. The van der Waals surface area contributed by atoms with Crippen LogP contribution in [-0.2, 0) is 9.84 Å². The standard InChI is InChI=1S/C17H29N3O3S.HI/c1-17(2,3)24(22,23)11-10-19-16(18-4)20-12-15(13-21)14-8-6-5-7-9-14;/h5-9,15,21H,10-13H2,1-4H3,(H2,18,19,20);1H. The van der Waals surface area contributed by atoms with Crippen molar-refractivity contribution in [3.63, 3.8) is 0 Å². The lowest BCUT2D eigenvalue weighted by molar-refractivity contribution is 0.265. The van der Waals surface area contributed by atoms with E-state index in [9.17, 15) is 13.5 Å². The van der Waals surface area contributed by atoms with Crippen LogP contribution in [0.2, 0.25) is 0 Å². The Bertz CT molecular complexity index is 628. The molecular weight excluding hydrogens is 453 g/mol. The third kappa shape index (κ3) is 7.91. The minimum atomic E-state index is -3.17. The number of aliphatic hydroxyl groups excluding tert-OH is 1. The van der Waals surface area contributed by atoms with E-state index in [2.05, 4.69) is 15.6 Å². The van der Waals surface area contributed by atoms with Gasteiger partial charge < -0.3 is 15.7 Å². The van der Waals surface area contributed by atoms with Crippen LogP contribution in [0, 0.1) is 0 Å². The Kier molecular flexibility index (Phi) is 10.6. The largest absolute Gasteiger partial charge is 0.396 e. The van der Waals surface area contributed by atoms with Crippen LogP contribution in [0.25, 0.3) is 0 Å². The van der Waals surface area contributed by atoms with Gasteiger partial charge in [0.15, 0.2) is 15.8 Å². The van der Waals surface area contributed by atoms with Crippen molar-refractivity contribution in [1.82, 2.24) is 10.6 Å². The van der Waals surface area contributed by atoms with E-state index in [1.165, 1.54) is 0 Å². The van der Waals surface area contributed by atoms with Crippen molar-refractivity contribution in [3.05, 3.63) is 35.9 Å². The minimum Gasteiger partial charge on any atom is -0.396 e. The number of rotatable bonds is 7. The zero-order chi connectivity index (χ0) is 18.2. The summed E-state index contributed by atoms with van der Waals surface area (Å²) in [6, 6.07) is 9.73. The molecule has 0 saturated heterocycles. The highest BCUT2D eigenvalue weighted by molar-refractivity contribution is 14.0. The van der Waals surface area contributed by atoms with Crippen LogP contribution < -0.4 is 10.6 Å². The smallest absolute Gasteiger partial charge is 0.191 e. The second-order valence-electron chi connectivity index (χ2n) is 6.60. The second-order valence-corrected chi connectivity index (χ2v) is 9.46. The topological polar surface area (TPSA) is 90.8 Å². The van der Waals surface area contributed by atoms with Crippen molar-refractivity contribution in [3.8, 4) is 0 Å². The van der Waals surface area contributed by atoms with Crippen LogP contribution in [0.3, 0.4) is 0 Å². The van der Waals surface area contributed by atoms with Crippen LogP contribution in [0.4, 0.5) is 0 Å². The summed E-state index contributed by atoms with van der Waals surface area (Å²) in [5, 5.41) is 15.7. The number of guanidine groups is 1. The lowest BCUT2D eigenvalue weighted by Crippen LogP contribution is -2.43. The number of nitrogens with one attached hydrogen (secondary N) is 2. The molecule has 1 aromatic carbocycles. The number of hydrogen-bond donors (Lipinski definition) is 3. The summed E-state index contributed by atoms with van der Waals surface area (Å²) in [7, 11) is -1.54. The van der Waals surface area contributed by atoms with E-state index < -0.39 is 14.6 Å². The van der Waals surface area contributed by atoms with Gasteiger partial charge in [-0.15, -0.1) is 24.0 Å². The number of aliphatic imine (C=N–C) groups is 1. The molecule has 0 aliphatic heterocycles. The second kappa shape index (κ2) is 11.0. The van der Waals surface area contributed by atoms with Gasteiger partial charge in [-0.25, -0.2) is 8.42 Å². The van der Waals surface area contributed by atoms with Crippen molar-refractivity contribution in [2.24, 2.45) is 4.99 Å². The van der Waals surface area contributed by atoms with Gasteiger partial charge in [0.05, 0.1) is 17.1 Å². The monoisotopic (exact) mass is 483 g/mol. The lowest BCUT2D eigenvalue weighted by Gasteiger charge is -2.21. The molecule has 0 fully saturated rings. The van der Waals surface area contributed by atoms with E-state index in [0.717, 1.165) is 5.56 Å². The van der Waals surface area contributed by atoms with E-state index in [4.69, 9.17) is 0 Å². The van der Waals surface area contributed by atoms with Gasteiger partial charge in [0.25, 0.3) is 0 Å². The fraction of sp³-hybridized carbons (Fsp3) is 0.588. The molecule has 8 heteroatoms. The Labute approximate surface area is 168 Å². The minimum absolute atomic E-state index is 0. The Morgan fingerprint density at radius 1 is 1.20 bits per heavy atom. The average molecular weight is 483 g/mol. The number of benzene rings is 1. The summed E-state index contributed by atoms with van der Waals surface area (Å²) in [5.41, 5.74) is 1.04. The third-order valence-corrected chi connectivity index (χ3v) is 6.43. The fourth-order valence-corrected chi connectivity index (χ4v) is 3.05. The Hall–Kier alpha value is -0.870. The van der Waals surface area contributed by atoms with Crippen LogP contribution in [0.5, 0.6) is 0 Å². The van der Waals surface area contributed by atoms with Crippen molar-refractivity contribution >= 4 is 39.8 Å². The number of aliphatic hydroxyl groups is 1. The summed E-state index contributed by atoms with van der Waals surface area (Å²) in [6.45, 7) is 5.90. The Morgan fingerprint density at radius 2 is 1.80 bits per heavy atom. The van der Waals surface area contributed by atoms with E-state index in [1.54, 1.807) is 27.8 Å². The molecule has 25 heavy (non-hydrogen) atoms. The van der Waals surface area contributed by atoms with Gasteiger partial charge >= 0.3 is 0 Å². The molecule has 6 nitrogen and oxygen atoms in total. The first kappa shape index (κ1) is 24.1. The molecular formula is C17H30IN3O3S.